The SMILES string of the molecule is Cc1c(-c2ccccc2I)sc(C#N)c1N. The van der Waals surface area contributed by atoms with E-state index in [9.17, 15) is 0 Å². The van der Waals surface area contributed by atoms with E-state index in [0.717, 1.165) is 16.0 Å². The predicted molar refractivity (Wildman–Crippen MR) is 76.3 cm³/mol. The molecule has 16 heavy (non-hydrogen) atoms. The van der Waals surface area contributed by atoms with Crippen LogP contribution in [0.3, 0.4) is 0 Å². The number of nitrogens with two attached hydrogens (primary N) is 1. The van der Waals surface area contributed by atoms with Gasteiger partial charge in [0.25, 0.3) is 0 Å². The van der Waals surface area contributed by atoms with Gasteiger partial charge in [0.15, 0.2) is 0 Å². The molecule has 0 amide bonds. The molecule has 4 heteroatoms. The molecule has 2 aromatic rings. The van der Waals surface area contributed by atoms with Gasteiger partial charge in [0, 0.05) is 14.0 Å². The van der Waals surface area contributed by atoms with Gasteiger partial charge in [0.05, 0.1) is 5.69 Å². The Hall–Kier alpha value is -1.06. The van der Waals surface area contributed by atoms with E-state index in [1.165, 1.54) is 14.9 Å². The number of nitrogen functional groups attached to an aromatic ring is 1. The van der Waals surface area contributed by atoms with Crippen molar-refractivity contribution < 1.29 is 0 Å². The Morgan fingerprint density at radius 2 is 2.06 bits per heavy atom. The highest BCUT2D eigenvalue weighted by Crippen LogP contribution is 2.39. The monoisotopic (exact) mass is 340 g/mol. The Labute approximate surface area is 112 Å². The molecule has 0 saturated carbocycles. The van der Waals surface area contributed by atoms with Crippen LogP contribution in [0.5, 0.6) is 0 Å². The number of benzene rings is 1. The third-order valence-electron chi connectivity index (χ3n) is 2.41. The standard InChI is InChI=1S/C12H9IN2S/c1-7-11(15)10(6-14)16-12(7)8-4-2-3-5-9(8)13/h2-5H,15H2,1H3. The van der Waals surface area contributed by atoms with Crippen LogP contribution in [0.2, 0.25) is 0 Å². The number of rotatable bonds is 1. The zero-order valence-corrected chi connectivity index (χ0v) is 11.6. The Kier molecular flexibility index (Phi) is 3.17. The maximum atomic E-state index is 8.95. The average Bonchev–Trinajstić information content (AvgIpc) is 2.57. The van der Waals surface area contributed by atoms with Crippen molar-refractivity contribution in [2.45, 2.75) is 6.92 Å². The molecule has 2 rings (SSSR count). The predicted octanol–water partition coefficient (Wildman–Crippen LogP) is 3.78. The minimum atomic E-state index is 0.604. The second-order valence-corrected chi connectivity index (χ2v) is 5.57. The topological polar surface area (TPSA) is 49.8 Å². The molecule has 2 N–H and O–H groups in total. The molecular formula is C12H9IN2S. The molecule has 80 valence electrons. The lowest BCUT2D eigenvalue weighted by Crippen LogP contribution is -1.88. The van der Waals surface area contributed by atoms with E-state index in [-0.39, 0.29) is 0 Å². The van der Waals surface area contributed by atoms with Gasteiger partial charge in [0.2, 0.25) is 0 Å². The second kappa shape index (κ2) is 4.44. The molecule has 0 fully saturated rings. The summed E-state index contributed by atoms with van der Waals surface area (Å²) in [5.41, 5.74) is 8.66. The molecule has 0 aliphatic rings. The quantitative estimate of drug-likeness (QED) is 0.803. The van der Waals surface area contributed by atoms with Gasteiger partial charge < -0.3 is 5.73 Å². The summed E-state index contributed by atoms with van der Waals surface area (Å²) in [5.74, 6) is 0. The zero-order chi connectivity index (χ0) is 11.7. The number of thiophene rings is 1. The zero-order valence-electron chi connectivity index (χ0n) is 8.62. The van der Waals surface area contributed by atoms with E-state index in [1.807, 2.05) is 19.1 Å². The van der Waals surface area contributed by atoms with Crippen molar-refractivity contribution in [2.75, 3.05) is 5.73 Å². The summed E-state index contributed by atoms with van der Waals surface area (Å²) in [5, 5.41) is 8.95. The van der Waals surface area contributed by atoms with Gasteiger partial charge in [-0.05, 0) is 41.1 Å². The van der Waals surface area contributed by atoms with Crippen LogP contribution in [0.4, 0.5) is 5.69 Å². The van der Waals surface area contributed by atoms with Crippen molar-refractivity contribution in [2.24, 2.45) is 0 Å². The van der Waals surface area contributed by atoms with Gasteiger partial charge in [-0.3, -0.25) is 0 Å². The smallest absolute Gasteiger partial charge is 0.128 e. The van der Waals surface area contributed by atoms with Crippen molar-refractivity contribution in [1.82, 2.24) is 0 Å². The van der Waals surface area contributed by atoms with Gasteiger partial charge in [-0.15, -0.1) is 11.3 Å². The Morgan fingerprint density at radius 3 is 2.62 bits per heavy atom. The maximum absolute atomic E-state index is 8.95. The minimum Gasteiger partial charge on any atom is -0.397 e. The number of halogens is 1. The summed E-state index contributed by atoms with van der Waals surface area (Å²) in [6.07, 6.45) is 0. The fraction of sp³-hybridized carbons (Fsp3) is 0.0833. The first-order valence-electron chi connectivity index (χ1n) is 4.69. The Balaban J connectivity index is 2.67. The van der Waals surface area contributed by atoms with Crippen LogP contribution in [0.25, 0.3) is 10.4 Å². The van der Waals surface area contributed by atoms with Gasteiger partial charge in [-0.1, -0.05) is 18.2 Å². The fourth-order valence-electron chi connectivity index (χ4n) is 1.51. The molecular weight excluding hydrogens is 331 g/mol. The number of hydrogen-bond donors (Lipinski definition) is 1. The highest BCUT2D eigenvalue weighted by atomic mass is 127. The van der Waals surface area contributed by atoms with E-state index < -0.39 is 0 Å². The normalized spacial score (nSPS) is 10.1. The summed E-state index contributed by atoms with van der Waals surface area (Å²) in [6.45, 7) is 1.96. The summed E-state index contributed by atoms with van der Waals surface area (Å²) in [6, 6.07) is 10.2. The third kappa shape index (κ3) is 1.81. The van der Waals surface area contributed by atoms with Crippen LogP contribution in [0.1, 0.15) is 10.4 Å². The number of anilines is 1. The van der Waals surface area contributed by atoms with Crippen molar-refractivity contribution in [3.05, 3.63) is 38.3 Å². The first kappa shape index (κ1) is 11.4. The average molecular weight is 340 g/mol. The molecule has 2 nitrogen and oxygen atoms in total. The van der Waals surface area contributed by atoms with E-state index in [1.54, 1.807) is 0 Å². The van der Waals surface area contributed by atoms with Gasteiger partial charge >= 0.3 is 0 Å². The lowest BCUT2D eigenvalue weighted by atomic mass is 10.1. The largest absolute Gasteiger partial charge is 0.397 e. The van der Waals surface area contributed by atoms with Crippen molar-refractivity contribution in [1.29, 1.82) is 5.26 Å². The molecule has 0 spiro atoms. The Bertz CT molecular complexity index is 581. The first-order valence-corrected chi connectivity index (χ1v) is 6.58. The summed E-state index contributed by atoms with van der Waals surface area (Å²) in [7, 11) is 0. The van der Waals surface area contributed by atoms with Crippen molar-refractivity contribution >= 4 is 39.6 Å². The molecule has 0 saturated heterocycles. The number of hydrogen-bond acceptors (Lipinski definition) is 3. The molecule has 0 aliphatic heterocycles. The molecule has 0 bridgehead atoms. The third-order valence-corrected chi connectivity index (χ3v) is 4.60. The summed E-state index contributed by atoms with van der Waals surface area (Å²) < 4.78 is 1.17. The number of nitrogens with zero attached hydrogens (tertiary/aromatic N) is 1. The molecule has 1 aromatic heterocycles. The van der Waals surface area contributed by atoms with E-state index in [2.05, 4.69) is 40.8 Å². The first-order chi connectivity index (χ1) is 7.65. The van der Waals surface area contributed by atoms with E-state index in [4.69, 9.17) is 11.0 Å². The summed E-state index contributed by atoms with van der Waals surface area (Å²) >= 11 is 3.76. The van der Waals surface area contributed by atoms with Gasteiger partial charge in [0.1, 0.15) is 10.9 Å². The summed E-state index contributed by atoms with van der Waals surface area (Å²) in [4.78, 5) is 1.70. The lowest BCUT2D eigenvalue weighted by molar-refractivity contribution is 1.49. The molecule has 0 radical (unpaired) electrons. The minimum absolute atomic E-state index is 0.604. The van der Waals surface area contributed by atoms with Crippen LogP contribution < -0.4 is 5.73 Å². The van der Waals surface area contributed by atoms with Crippen LogP contribution in [0.15, 0.2) is 24.3 Å². The second-order valence-electron chi connectivity index (χ2n) is 3.39. The molecule has 0 unspecified atom stereocenters. The van der Waals surface area contributed by atoms with Crippen LogP contribution in [0, 0.1) is 21.8 Å². The lowest BCUT2D eigenvalue weighted by Gasteiger charge is -2.02. The van der Waals surface area contributed by atoms with Crippen LogP contribution in [-0.2, 0) is 0 Å². The fourth-order valence-corrected chi connectivity index (χ4v) is 3.42. The van der Waals surface area contributed by atoms with E-state index in [0.29, 0.717) is 10.6 Å². The highest BCUT2D eigenvalue weighted by molar-refractivity contribution is 14.1. The van der Waals surface area contributed by atoms with Crippen molar-refractivity contribution in [3.8, 4) is 16.5 Å². The van der Waals surface area contributed by atoms with Crippen molar-refractivity contribution in [3.63, 3.8) is 0 Å². The van der Waals surface area contributed by atoms with Gasteiger partial charge in [-0.2, -0.15) is 5.26 Å². The molecule has 1 aromatic carbocycles. The molecule has 0 atom stereocenters. The molecule has 1 heterocycles. The maximum Gasteiger partial charge on any atom is 0.128 e. The molecule has 0 aliphatic carbocycles. The van der Waals surface area contributed by atoms with Gasteiger partial charge in [-0.25, -0.2) is 0 Å². The van der Waals surface area contributed by atoms with E-state index >= 15 is 0 Å². The van der Waals surface area contributed by atoms with Crippen LogP contribution in [-0.4, -0.2) is 0 Å². The number of nitriles is 1. The highest BCUT2D eigenvalue weighted by Gasteiger charge is 2.14. The van der Waals surface area contributed by atoms with Crippen LogP contribution >= 0.6 is 33.9 Å². The Morgan fingerprint density at radius 1 is 1.38 bits per heavy atom.